The standard InChI is InChI=1S/C15H10F3N3O2/c16-15(17,18)23-11-7-5-10(6-8-11)14(22)20-21-9-19-12-3-1-2-4-13(12)21/h1-9H,(H,20,22). The maximum Gasteiger partial charge on any atom is 0.573 e. The van der Waals surface area contributed by atoms with Crippen molar-refractivity contribution in [1.82, 2.24) is 9.66 Å². The van der Waals surface area contributed by atoms with Crippen LogP contribution in [0.3, 0.4) is 0 Å². The number of benzene rings is 2. The lowest BCUT2D eigenvalue weighted by molar-refractivity contribution is -0.274. The average Bonchev–Trinajstić information content (AvgIpc) is 2.90. The van der Waals surface area contributed by atoms with Crippen molar-refractivity contribution in [2.75, 3.05) is 5.43 Å². The summed E-state index contributed by atoms with van der Waals surface area (Å²) < 4.78 is 41.5. The Morgan fingerprint density at radius 3 is 2.48 bits per heavy atom. The normalized spacial score (nSPS) is 11.4. The number of alkyl halides is 3. The number of carbonyl (C=O) groups is 1. The lowest BCUT2D eigenvalue weighted by Crippen LogP contribution is -2.22. The average molecular weight is 321 g/mol. The summed E-state index contributed by atoms with van der Waals surface area (Å²) >= 11 is 0. The number of halogens is 3. The molecule has 1 N–H and O–H groups in total. The van der Waals surface area contributed by atoms with Crippen LogP contribution in [-0.2, 0) is 0 Å². The molecule has 0 saturated carbocycles. The molecule has 8 heteroatoms. The van der Waals surface area contributed by atoms with E-state index >= 15 is 0 Å². The maximum atomic E-state index is 12.1. The van der Waals surface area contributed by atoms with Crippen LogP contribution in [0.2, 0.25) is 0 Å². The molecule has 0 radical (unpaired) electrons. The van der Waals surface area contributed by atoms with Gasteiger partial charge in [0.25, 0.3) is 5.91 Å². The predicted molar refractivity (Wildman–Crippen MR) is 76.5 cm³/mol. The van der Waals surface area contributed by atoms with Crippen LogP contribution in [0.4, 0.5) is 13.2 Å². The maximum absolute atomic E-state index is 12.1. The van der Waals surface area contributed by atoms with Crippen molar-refractivity contribution < 1.29 is 22.7 Å². The van der Waals surface area contributed by atoms with E-state index in [9.17, 15) is 18.0 Å². The molecule has 0 aliphatic carbocycles. The Morgan fingerprint density at radius 2 is 1.78 bits per heavy atom. The molecule has 0 atom stereocenters. The molecule has 0 bridgehead atoms. The van der Waals surface area contributed by atoms with Crippen LogP contribution >= 0.6 is 0 Å². The van der Waals surface area contributed by atoms with E-state index in [4.69, 9.17) is 0 Å². The molecule has 0 spiro atoms. The van der Waals surface area contributed by atoms with Crippen molar-refractivity contribution in [2.45, 2.75) is 6.36 Å². The SMILES string of the molecule is O=C(Nn1cnc2ccccc21)c1ccc(OC(F)(F)F)cc1. The monoisotopic (exact) mass is 321 g/mol. The van der Waals surface area contributed by atoms with Crippen molar-refractivity contribution in [3.05, 3.63) is 60.4 Å². The van der Waals surface area contributed by atoms with Gasteiger partial charge < -0.3 is 4.74 Å². The molecule has 1 amide bonds. The number of nitrogens with one attached hydrogen (secondary N) is 1. The molecule has 5 nitrogen and oxygen atoms in total. The van der Waals surface area contributed by atoms with Gasteiger partial charge in [-0.05, 0) is 36.4 Å². The van der Waals surface area contributed by atoms with E-state index in [-0.39, 0.29) is 11.3 Å². The number of fused-ring (bicyclic) bond motifs is 1. The summed E-state index contributed by atoms with van der Waals surface area (Å²) in [5.74, 6) is -0.867. The number of rotatable bonds is 3. The zero-order valence-electron chi connectivity index (χ0n) is 11.5. The first-order chi connectivity index (χ1) is 10.9. The molecule has 0 fully saturated rings. The van der Waals surface area contributed by atoms with E-state index in [0.29, 0.717) is 11.0 Å². The predicted octanol–water partition coefficient (Wildman–Crippen LogP) is 3.32. The van der Waals surface area contributed by atoms with E-state index in [1.165, 1.54) is 23.1 Å². The topological polar surface area (TPSA) is 56.2 Å². The third-order valence-corrected chi connectivity index (χ3v) is 3.03. The number of amides is 1. The van der Waals surface area contributed by atoms with Gasteiger partial charge in [0, 0.05) is 5.56 Å². The van der Waals surface area contributed by atoms with Crippen molar-refractivity contribution in [2.24, 2.45) is 0 Å². The summed E-state index contributed by atoms with van der Waals surface area (Å²) in [5.41, 5.74) is 4.21. The van der Waals surface area contributed by atoms with Gasteiger partial charge >= 0.3 is 6.36 Å². The molecule has 0 aliphatic heterocycles. The minimum Gasteiger partial charge on any atom is -0.406 e. The Bertz CT molecular complexity index is 841. The number of imidazole rings is 1. The lowest BCUT2D eigenvalue weighted by Gasteiger charge is -2.10. The molecule has 3 aromatic rings. The Labute approximate surface area is 128 Å². The van der Waals surface area contributed by atoms with Gasteiger partial charge in [-0.15, -0.1) is 13.2 Å². The van der Waals surface area contributed by atoms with Crippen molar-refractivity contribution in [1.29, 1.82) is 0 Å². The van der Waals surface area contributed by atoms with Crippen molar-refractivity contribution in [3.63, 3.8) is 0 Å². The Kier molecular flexibility index (Phi) is 3.65. The van der Waals surface area contributed by atoms with Gasteiger partial charge in [0.2, 0.25) is 0 Å². The van der Waals surface area contributed by atoms with Gasteiger partial charge in [0.15, 0.2) is 0 Å². The van der Waals surface area contributed by atoms with E-state index < -0.39 is 12.3 Å². The van der Waals surface area contributed by atoms with E-state index in [2.05, 4.69) is 15.1 Å². The highest BCUT2D eigenvalue weighted by molar-refractivity contribution is 6.00. The van der Waals surface area contributed by atoms with Gasteiger partial charge in [0.1, 0.15) is 12.1 Å². The quantitative estimate of drug-likeness (QED) is 0.805. The highest BCUT2D eigenvalue weighted by Gasteiger charge is 2.31. The number of nitrogens with zero attached hydrogens (tertiary/aromatic N) is 2. The van der Waals surface area contributed by atoms with Gasteiger partial charge in [-0.1, -0.05) is 12.1 Å². The fourth-order valence-electron chi connectivity index (χ4n) is 2.03. The van der Waals surface area contributed by atoms with Crippen molar-refractivity contribution >= 4 is 16.9 Å². The second-order valence-corrected chi connectivity index (χ2v) is 4.62. The number of para-hydroxylation sites is 2. The summed E-state index contributed by atoms with van der Waals surface area (Å²) in [4.78, 5) is 16.3. The lowest BCUT2D eigenvalue weighted by atomic mass is 10.2. The molecule has 1 heterocycles. The zero-order chi connectivity index (χ0) is 16.4. The van der Waals surface area contributed by atoms with Crippen LogP contribution in [-0.4, -0.2) is 21.9 Å². The fraction of sp³-hybridized carbons (Fsp3) is 0.0667. The number of aromatic nitrogens is 2. The highest BCUT2D eigenvalue weighted by Crippen LogP contribution is 2.22. The summed E-state index contributed by atoms with van der Waals surface area (Å²) in [7, 11) is 0. The summed E-state index contributed by atoms with van der Waals surface area (Å²) in [6.45, 7) is 0. The first kappa shape index (κ1) is 14.9. The van der Waals surface area contributed by atoms with Gasteiger partial charge in [-0.2, -0.15) is 0 Å². The number of hydrogen-bond acceptors (Lipinski definition) is 3. The third kappa shape index (κ3) is 3.42. The highest BCUT2D eigenvalue weighted by atomic mass is 19.4. The van der Waals surface area contributed by atoms with Crippen LogP contribution in [0.5, 0.6) is 5.75 Å². The van der Waals surface area contributed by atoms with Crippen LogP contribution in [0.15, 0.2) is 54.9 Å². The van der Waals surface area contributed by atoms with Crippen LogP contribution < -0.4 is 10.2 Å². The van der Waals surface area contributed by atoms with Gasteiger partial charge in [-0.3, -0.25) is 10.2 Å². The van der Waals surface area contributed by atoms with Gasteiger partial charge in [-0.25, -0.2) is 9.66 Å². The molecule has 118 valence electrons. The summed E-state index contributed by atoms with van der Waals surface area (Å²) in [6, 6.07) is 11.8. The van der Waals surface area contributed by atoms with Gasteiger partial charge in [0.05, 0.1) is 11.0 Å². The Balaban J connectivity index is 1.76. The van der Waals surface area contributed by atoms with E-state index in [0.717, 1.165) is 12.1 Å². The molecular weight excluding hydrogens is 311 g/mol. The molecule has 3 rings (SSSR count). The number of hydrogen-bond donors (Lipinski definition) is 1. The van der Waals surface area contributed by atoms with Crippen LogP contribution in [0.25, 0.3) is 11.0 Å². The van der Waals surface area contributed by atoms with E-state index in [1.54, 1.807) is 18.2 Å². The fourth-order valence-corrected chi connectivity index (χ4v) is 2.03. The van der Waals surface area contributed by atoms with Crippen LogP contribution in [0, 0.1) is 0 Å². The smallest absolute Gasteiger partial charge is 0.406 e. The molecule has 23 heavy (non-hydrogen) atoms. The third-order valence-electron chi connectivity index (χ3n) is 3.03. The molecule has 2 aromatic carbocycles. The Hall–Kier alpha value is -3.03. The van der Waals surface area contributed by atoms with Crippen molar-refractivity contribution in [3.8, 4) is 5.75 Å². The Morgan fingerprint density at radius 1 is 1.09 bits per heavy atom. The molecule has 0 unspecified atom stereocenters. The molecule has 1 aromatic heterocycles. The summed E-state index contributed by atoms with van der Waals surface area (Å²) in [5, 5.41) is 0. The minimum absolute atomic E-state index is 0.192. The second-order valence-electron chi connectivity index (χ2n) is 4.62. The largest absolute Gasteiger partial charge is 0.573 e. The molecule has 0 saturated heterocycles. The van der Waals surface area contributed by atoms with Crippen LogP contribution in [0.1, 0.15) is 10.4 Å². The first-order valence-corrected chi connectivity index (χ1v) is 6.52. The summed E-state index contributed by atoms with van der Waals surface area (Å²) in [6.07, 6.45) is -3.32. The minimum atomic E-state index is -4.76. The first-order valence-electron chi connectivity index (χ1n) is 6.52. The zero-order valence-corrected chi connectivity index (χ0v) is 11.5. The number of carbonyl (C=O) groups excluding carboxylic acids is 1. The molecular formula is C15H10F3N3O2. The van der Waals surface area contributed by atoms with E-state index in [1.807, 2.05) is 6.07 Å². The number of ether oxygens (including phenoxy) is 1. The second kappa shape index (κ2) is 5.64. The molecule has 0 aliphatic rings.